The van der Waals surface area contributed by atoms with Crippen LogP contribution >= 0.6 is 0 Å². The largest absolute Gasteiger partial charge is 0.365 e. The van der Waals surface area contributed by atoms with Gasteiger partial charge in [0.25, 0.3) is 5.91 Å². The molecule has 1 saturated heterocycles. The van der Waals surface area contributed by atoms with Crippen LogP contribution in [0, 0.1) is 13.8 Å². The molecule has 0 bridgehead atoms. The molecular weight excluding hydrogens is 284 g/mol. The van der Waals surface area contributed by atoms with Crippen LogP contribution in [0.25, 0.3) is 0 Å². The van der Waals surface area contributed by atoms with Gasteiger partial charge in [-0.25, -0.2) is 0 Å². The molecule has 122 valence electrons. The minimum absolute atomic E-state index is 0.0116. The molecule has 2 heterocycles. The fourth-order valence-corrected chi connectivity index (χ4v) is 2.76. The topological polar surface area (TPSA) is 76.5 Å². The third kappa shape index (κ3) is 3.65. The number of carbonyl (C=O) groups is 2. The number of aromatic nitrogens is 2. The van der Waals surface area contributed by atoms with Crippen molar-refractivity contribution in [2.75, 3.05) is 26.7 Å². The van der Waals surface area contributed by atoms with Gasteiger partial charge in [-0.3, -0.25) is 14.3 Å². The molecule has 0 spiro atoms. The predicted molar refractivity (Wildman–Crippen MR) is 81.4 cm³/mol. The van der Waals surface area contributed by atoms with E-state index in [1.807, 2.05) is 31.5 Å². The first-order chi connectivity index (χ1) is 10.4. The summed E-state index contributed by atoms with van der Waals surface area (Å²) in [5.74, 6) is -0.165. The molecule has 1 aliphatic heterocycles. The van der Waals surface area contributed by atoms with Crippen molar-refractivity contribution >= 4 is 11.8 Å². The van der Waals surface area contributed by atoms with Crippen molar-refractivity contribution in [1.82, 2.24) is 20.0 Å². The van der Waals surface area contributed by atoms with Gasteiger partial charge in [0.15, 0.2) is 6.10 Å². The molecule has 0 radical (unpaired) electrons. The minimum atomic E-state index is -0.577. The molecule has 0 aliphatic carbocycles. The first-order valence-electron chi connectivity index (χ1n) is 7.56. The molecule has 2 atom stereocenters. The summed E-state index contributed by atoms with van der Waals surface area (Å²) in [6, 6.07) is 1.99. The number of rotatable bonds is 4. The summed E-state index contributed by atoms with van der Waals surface area (Å²) in [4.78, 5) is 25.8. The number of ether oxygens (including phenoxy) is 1. The Morgan fingerprint density at radius 2 is 2.23 bits per heavy atom. The second kappa shape index (κ2) is 6.91. The molecule has 1 aromatic heterocycles. The predicted octanol–water partition coefficient (Wildman–Crippen LogP) is 0.424. The van der Waals surface area contributed by atoms with Gasteiger partial charge < -0.3 is 15.0 Å². The van der Waals surface area contributed by atoms with E-state index in [9.17, 15) is 9.59 Å². The van der Waals surface area contributed by atoms with Crippen LogP contribution in [-0.2, 0) is 14.3 Å². The van der Waals surface area contributed by atoms with E-state index in [0.717, 1.165) is 11.4 Å². The van der Waals surface area contributed by atoms with Gasteiger partial charge in [-0.05, 0) is 26.8 Å². The van der Waals surface area contributed by atoms with Gasteiger partial charge in [-0.1, -0.05) is 0 Å². The zero-order valence-electron chi connectivity index (χ0n) is 13.6. The van der Waals surface area contributed by atoms with E-state index in [1.54, 1.807) is 11.9 Å². The van der Waals surface area contributed by atoms with Crippen LogP contribution in [0.4, 0.5) is 0 Å². The third-order valence-corrected chi connectivity index (χ3v) is 3.89. The summed E-state index contributed by atoms with van der Waals surface area (Å²) in [6.45, 7) is 7.12. The van der Waals surface area contributed by atoms with Crippen molar-refractivity contribution in [2.45, 2.75) is 39.3 Å². The second-order valence-corrected chi connectivity index (χ2v) is 5.74. The molecule has 22 heavy (non-hydrogen) atoms. The molecule has 2 unspecified atom stereocenters. The fourth-order valence-electron chi connectivity index (χ4n) is 2.76. The molecule has 1 fully saturated rings. The Morgan fingerprint density at radius 1 is 1.50 bits per heavy atom. The van der Waals surface area contributed by atoms with Gasteiger partial charge in [0, 0.05) is 25.7 Å². The van der Waals surface area contributed by atoms with Crippen LogP contribution in [0.15, 0.2) is 6.07 Å². The number of likely N-dealkylation sites (N-methyl/N-ethyl adjacent to an activating group) is 1. The minimum Gasteiger partial charge on any atom is -0.365 e. The lowest BCUT2D eigenvalue weighted by Gasteiger charge is -2.32. The van der Waals surface area contributed by atoms with E-state index in [-0.39, 0.29) is 17.9 Å². The zero-order valence-corrected chi connectivity index (χ0v) is 13.6. The number of amides is 2. The van der Waals surface area contributed by atoms with Crippen LogP contribution in [0.1, 0.15) is 30.8 Å². The van der Waals surface area contributed by atoms with Crippen LogP contribution < -0.4 is 5.32 Å². The van der Waals surface area contributed by atoms with E-state index in [0.29, 0.717) is 26.1 Å². The van der Waals surface area contributed by atoms with Gasteiger partial charge in [0.05, 0.1) is 24.9 Å². The normalized spacial score (nSPS) is 19.8. The summed E-state index contributed by atoms with van der Waals surface area (Å²) in [6.07, 6.45) is -0.214. The van der Waals surface area contributed by atoms with Crippen molar-refractivity contribution in [3.8, 4) is 0 Å². The van der Waals surface area contributed by atoms with Crippen LogP contribution in [0.3, 0.4) is 0 Å². The van der Waals surface area contributed by atoms with E-state index in [4.69, 9.17) is 4.74 Å². The number of nitrogens with zero attached hydrogens (tertiary/aromatic N) is 3. The van der Waals surface area contributed by atoms with Crippen molar-refractivity contribution in [2.24, 2.45) is 0 Å². The van der Waals surface area contributed by atoms with E-state index in [2.05, 4.69) is 10.4 Å². The Morgan fingerprint density at radius 3 is 2.82 bits per heavy atom. The molecule has 0 aromatic carbocycles. The highest BCUT2D eigenvalue weighted by atomic mass is 16.5. The maximum Gasteiger partial charge on any atom is 0.250 e. The second-order valence-electron chi connectivity index (χ2n) is 5.74. The smallest absolute Gasteiger partial charge is 0.250 e. The van der Waals surface area contributed by atoms with Gasteiger partial charge in [-0.2, -0.15) is 5.10 Å². The summed E-state index contributed by atoms with van der Waals surface area (Å²) < 4.78 is 7.28. The van der Waals surface area contributed by atoms with Gasteiger partial charge >= 0.3 is 0 Å². The molecule has 1 aromatic rings. The average molecular weight is 308 g/mol. The first-order valence-corrected chi connectivity index (χ1v) is 7.56. The molecular formula is C15H24N4O3. The Balaban J connectivity index is 1.96. The van der Waals surface area contributed by atoms with Crippen molar-refractivity contribution in [3.05, 3.63) is 17.5 Å². The Labute approximate surface area is 130 Å². The quantitative estimate of drug-likeness (QED) is 0.875. The molecule has 1 N–H and O–H groups in total. The van der Waals surface area contributed by atoms with E-state index < -0.39 is 6.10 Å². The average Bonchev–Trinajstić information content (AvgIpc) is 2.85. The van der Waals surface area contributed by atoms with E-state index >= 15 is 0 Å². The number of aryl methyl sites for hydroxylation is 2. The number of hydrogen-bond donors (Lipinski definition) is 1. The van der Waals surface area contributed by atoms with Crippen LogP contribution in [-0.4, -0.2) is 59.3 Å². The molecule has 2 rings (SSSR count). The Kier molecular flexibility index (Phi) is 5.18. The highest BCUT2D eigenvalue weighted by Gasteiger charge is 2.29. The van der Waals surface area contributed by atoms with E-state index in [1.165, 1.54) is 0 Å². The first kappa shape index (κ1) is 16.5. The summed E-state index contributed by atoms with van der Waals surface area (Å²) in [5, 5.41) is 6.98. The zero-order chi connectivity index (χ0) is 16.3. The van der Waals surface area contributed by atoms with Crippen molar-refractivity contribution in [3.63, 3.8) is 0 Å². The molecule has 7 heteroatoms. The monoisotopic (exact) mass is 308 g/mol. The lowest BCUT2D eigenvalue weighted by atomic mass is 10.2. The summed E-state index contributed by atoms with van der Waals surface area (Å²) in [7, 11) is 1.57. The fraction of sp³-hybridized carbons (Fsp3) is 0.667. The maximum atomic E-state index is 12.5. The number of hydrogen-bond acceptors (Lipinski definition) is 4. The highest BCUT2D eigenvalue weighted by molar-refractivity contribution is 5.82. The molecule has 7 nitrogen and oxygen atoms in total. The van der Waals surface area contributed by atoms with Gasteiger partial charge in [-0.15, -0.1) is 0 Å². The number of morpholine rings is 1. The molecule has 2 amide bonds. The molecule has 1 aliphatic rings. The Bertz CT molecular complexity index is 555. The van der Waals surface area contributed by atoms with Gasteiger partial charge in [0.2, 0.25) is 5.91 Å². The third-order valence-electron chi connectivity index (χ3n) is 3.89. The number of carbonyl (C=O) groups excluding carboxylic acids is 2. The molecule has 0 saturated carbocycles. The van der Waals surface area contributed by atoms with Gasteiger partial charge in [0.1, 0.15) is 0 Å². The SMILES string of the molecule is CNC(=O)C1CN(C(=O)CC(C)n2nc(C)cc2C)CCO1. The van der Waals surface area contributed by atoms with Crippen LogP contribution in [0.2, 0.25) is 0 Å². The maximum absolute atomic E-state index is 12.5. The van der Waals surface area contributed by atoms with Crippen LogP contribution in [0.5, 0.6) is 0 Å². The highest BCUT2D eigenvalue weighted by Crippen LogP contribution is 2.17. The lowest BCUT2D eigenvalue weighted by Crippen LogP contribution is -2.51. The van der Waals surface area contributed by atoms with Crippen molar-refractivity contribution in [1.29, 1.82) is 0 Å². The number of nitrogens with one attached hydrogen (secondary N) is 1. The lowest BCUT2D eigenvalue weighted by molar-refractivity contribution is -0.147. The van der Waals surface area contributed by atoms with Crippen molar-refractivity contribution < 1.29 is 14.3 Å². The standard InChI is InChI=1S/C15H24N4O3/c1-10-7-11(2)19(17-10)12(3)8-14(20)18-5-6-22-13(9-18)15(21)16-4/h7,12-13H,5-6,8-9H2,1-4H3,(H,16,21). The Hall–Kier alpha value is -1.89. The summed E-state index contributed by atoms with van der Waals surface area (Å²) >= 11 is 0. The summed E-state index contributed by atoms with van der Waals surface area (Å²) in [5.41, 5.74) is 1.99.